The van der Waals surface area contributed by atoms with Crippen LogP contribution in [0.15, 0.2) is 46.9 Å². The Morgan fingerprint density at radius 1 is 1.30 bits per heavy atom. The van der Waals surface area contributed by atoms with Crippen molar-refractivity contribution in [3.8, 4) is 10.6 Å². The van der Waals surface area contributed by atoms with Crippen molar-refractivity contribution in [3.05, 3.63) is 58.9 Å². The summed E-state index contributed by atoms with van der Waals surface area (Å²) in [5.74, 6) is -0.285. The second kappa shape index (κ2) is 7.55. The second-order valence-corrected chi connectivity index (χ2v) is 8.49. The molecule has 0 saturated carbocycles. The lowest BCUT2D eigenvalue weighted by molar-refractivity contribution is -0.115. The van der Waals surface area contributed by atoms with Crippen molar-refractivity contribution in [2.24, 2.45) is 5.14 Å². The fraction of sp³-hybridized carbons (Fsp3) is 0.167. The Balaban J connectivity index is 1.77. The van der Waals surface area contributed by atoms with Gasteiger partial charge in [-0.05, 0) is 49.2 Å². The molecular weight excluding hydrogens is 384 g/mol. The molecule has 1 aromatic carbocycles. The molecule has 3 N–H and O–H groups in total. The molecule has 0 unspecified atom stereocenters. The number of carbonyl (C=O) groups excluding carboxylic acids is 1. The number of primary sulfonamides is 1. The van der Waals surface area contributed by atoms with Crippen LogP contribution in [0.2, 0.25) is 0 Å². The van der Waals surface area contributed by atoms with Crippen LogP contribution in [0.1, 0.15) is 16.8 Å². The maximum absolute atomic E-state index is 12.4. The second-order valence-electron chi connectivity index (χ2n) is 6.07. The number of carbonyl (C=O) groups is 1. The number of pyridine rings is 1. The lowest BCUT2D eigenvalue weighted by atomic mass is 10.1. The number of aryl methyl sites for hydroxylation is 1. The molecule has 0 aliphatic rings. The molecule has 140 valence electrons. The van der Waals surface area contributed by atoms with E-state index in [2.05, 4.69) is 15.3 Å². The molecule has 0 saturated heterocycles. The van der Waals surface area contributed by atoms with Gasteiger partial charge >= 0.3 is 0 Å². The van der Waals surface area contributed by atoms with Gasteiger partial charge in [-0.25, -0.2) is 18.5 Å². The Hall–Kier alpha value is -2.62. The number of hydrogen-bond donors (Lipinski definition) is 2. The maximum atomic E-state index is 12.4. The van der Waals surface area contributed by atoms with E-state index in [-0.39, 0.29) is 17.2 Å². The first-order valence-electron chi connectivity index (χ1n) is 8.03. The van der Waals surface area contributed by atoms with Gasteiger partial charge in [0.2, 0.25) is 15.9 Å². The van der Waals surface area contributed by atoms with Gasteiger partial charge in [-0.15, -0.1) is 11.3 Å². The molecular formula is C18H18N4O3S2. The number of hydrogen-bond acceptors (Lipinski definition) is 6. The average molecular weight is 403 g/mol. The first kappa shape index (κ1) is 19.2. The number of nitrogens with one attached hydrogen (secondary N) is 1. The molecule has 1 amide bonds. The highest BCUT2D eigenvalue weighted by Crippen LogP contribution is 2.25. The summed E-state index contributed by atoms with van der Waals surface area (Å²) >= 11 is 1.44. The highest BCUT2D eigenvalue weighted by Gasteiger charge is 2.15. The highest BCUT2D eigenvalue weighted by atomic mass is 32.2. The molecule has 2 aromatic heterocycles. The number of rotatable bonds is 5. The van der Waals surface area contributed by atoms with Crippen LogP contribution < -0.4 is 10.5 Å². The van der Waals surface area contributed by atoms with Crippen LogP contribution in [-0.4, -0.2) is 24.3 Å². The minimum atomic E-state index is -3.85. The number of nitrogens with zero attached hydrogens (tertiary/aromatic N) is 2. The van der Waals surface area contributed by atoms with E-state index >= 15 is 0 Å². The molecule has 0 bridgehead atoms. The minimum Gasteiger partial charge on any atom is -0.325 e. The number of sulfonamides is 1. The van der Waals surface area contributed by atoms with Crippen molar-refractivity contribution < 1.29 is 13.2 Å². The first-order valence-corrected chi connectivity index (χ1v) is 10.5. The summed E-state index contributed by atoms with van der Waals surface area (Å²) in [5, 5.41) is 10.6. The van der Waals surface area contributed by atoms with Crippen molar-refractivity contribution in [1.29, 1.82) is 0 Å². The average Bonchev–Trinajstić information content (AvgIpc) is 3.07. The van der Waals surface area contributed by atoms with Gasteiger partial charge in [-0.2, -0.15) is 0 Å². The van der Waals surface area contributed by atoms with Gasteiger partial charge < -0.3 is 5.32 Å². The summed E-state index contributed by atoms with van der Waals surface area (Å²) in [6, 6.07) is 6.59. The molecule has 3 aromatic rings. The predicted molar refractivity (Wildman–Crippen MR) is 105 cm³/mol. The van der Waals surface area contributed by atoms with Gasteiger partial charge in [0.15, 0.2) is 0 Å². The molecule has 9 heteroatoms. The Kier molecular flexibility index (Phi) is 5.36. The lowest BCUT2D eigenvalue weighted by Gasteiger charge is -2.12. The van der Waals surface area contributed by atoms with E-state index in [0.29, 0.717) is 11.4 Å². The topological polar surface area (TPSA) is 115 Å². The number of aromatic nitrogens is 2. The van der Waals surface area contributed by atoms with Crippen molar-refractivity contribution in [2.45, 2.75) is 25.2 Å². The number of anilines is 1. The van der Waals surface area contributed by atoms with Crippen LogP contribution in [-0.2, 0) is 21.2 Å². The Morgan fingerprint density at radius 3 is 2.74 bits per heavy atom. The summed E-state index contributed by atoms with van der Waals surface area (Å²) < 4.78 is 23.2. The van der Waals surface area contributed by atoms with Crippen LogP contribution in [0.25, 0.3) is 10.6 Å². The van der Waals surface area contributed by atoms with Crippen molar-refractivity contribution in [3.63, 3.8) is 0 Å². The third-order valence-electron chi connectivity index (χ3n) is 4.05. The van der Waals surface area contributed by atoms with Crippen molar-refractivity contribution in [2.75, 3.05) is 5.32 Å². The third-order valence-corrected chi connectivity index (χ3v) is 5.88. The molecule has 0 aliphatic heterocycles. The first-order chi connectivity index (χ1) is 12.7. The number of amides is 1. The molecule has 0 aliphatic carbocycles. The molecule has 0 radical (unpaired) electrons. The normalized spacial score (nSPS) is 11.4. The fourth-order valence-electron chi connectivity index (χ4n) is 2.49. The van der Waals surface area contributed by atoms with Crippen LogP contribution in [0.5, 0.6) is 0 Å². The van der Waals surface area contributed by atoms with Crippen LogP contribution in [0.4, 0.5) is 5.69 Å². The van der Waals surface area contributed by atoms with Crippen LogP contribution in [0, 0.1) is 13.8 Å². The molecule has 0 fully saturated rings. The van der Waals surface area contributed by atoms with E-state index in [1.807, 2.05) is 17.5 Å². The zero-order valence-corrected chi connectivity index (χ0v) is 16.4. The zero-order chi connectivity index (χ0) is 19.6. The summed E-state index contributed by atoms with van der Waals surface area (Å²) in [7, 11) is -3.85. The van der Waals surface area contributed by atoms with Gasteiger partial charge in [-0.3, -0.25) is 9.78 Å². The van der Waals surface area contributed by atoms with E-state index in [0.717, 1.165) is 21.7 Å². The highest BCUT2D eigenvalue weighted by molar-refractivity contribution is 7.89. The van der Waals surface area contributed by atoms with Gasteiger partial charge in [0.25, 0.3) is 0 Å². The number of nitrogens with two attached hydrogens (primary N) is 1. The smallest absolute Gasteiger partial charge is 0.238 e. The van der Waals surface area contributed by atoms with Crippen molar-refractivity contribution in [1.82, 2.24) is 9.97 Å². The third kappa shape index (κ3) is 4.57. The molecule has 7 nitrogen and oxygen atoms in total. The number of thiazole rings is 1. The molecule has 0 atom stereocenters. The standard InChI is InChI=1S/C18H18N4O3S2/c1-11-6-15(27(19,24)25)8-16(12(11)2)22-17(23)7-14-10-26-18(21-14)13-4-3-5-20-9-13/h3-6,8-10H,7H2,1-2H3,(H,22,23)(H2,19,24,25). The van der Waals surface area contributed by atoms with Gasteiger partial charge in [0, 0.05) is 29.0 Å². The molecule has 0 spiro atoms. The van der Waals surface area contributed by atoms with Crippen LogP contribution in [0.3, 0.4) is 0 Å². The van der Waals surface area contributed by atoms with Crippen LogP contribution >= 0.6 is 11.3 Å². The molecule has 27 heavy (non-hydrogen) atoms. The Bertz CT molecular complexity index is 1090. The Labute approximate surface area is 161 Å². The molecule has 3 rings (SSSR count). The van der Waals surface area contributed by atoms with Gasteiger partial charge in [0.05, 0.1) is 17.0 Å². The fourth-order valence-corrected chi connectivity index (χ4v) is 3.92. The van der Waals surface area contributed by atoms with E-state index in [9.17, 15) is 13.2 Å². The maximum Gasteiger partial charge on any atom is 0.238 e. The van der Waals surface area contributed by atoms with E-state index in [4.69, 9.17) is 5.14 Å². The van der Waals surface area contributed by atoms with E-state index in [1.165, 1.54) is 23.5 Å². The summed E-state index contributed by atoms with van der Waals surface area (Å²) in [5.41, 5.74) is 3.45. The van der Waals surface area contributed by atoms with Gasteiger partial charge in [0.1, 0.15) is 5.01 Å². The van der Waals surface area contributed by atoms with E-state index < -0.39 is 10.0 Å². The minimum absolute atomic E-state index is 0.0339. The number of benzene rings is 1. The lowest BCUT2D eigenvalue weighted by Crippen LogP contribution is -2.17. The molecule has 2 heterocycles. The SMILES string of the molecule is Cc1cc(S(N)(=O)=O)cc(NC(=O)Cc2csc(-c3cccnc3)n2)c1C. The predicted octanol–water partition coefficient (Wildman–Crippen LogP) is 2.65. The van der Waals surface area contributed by atoms with Gasteiger partial charge in [-0.1, -0.05) is 0 Å². The monoisotopic (exact) mass is 402 g/mol. The Morgan fingerprint density at radius 2 is 2.07 bits per heavy atom. The quantitative estimate of drug-likeness (QED) is 0.681. The summed E-state index contributed by atoms with van der Waals surface area (Å²) in [6.07, 6.45) is 3.48. The van der Waals surface area contributed by atoms with Crippen molar-refractivity contribution >= 4 is 33.0 Å². The largest absolute Gasteiger partial charge is 0.325 e. The summed E-state index contributed by atoms with van der Waals surface area (Å²) in [4.78, 5) is 20.9. The zero-order valence-electron chi connectivity index (χ0n) is 14.8. The van der Waals surface area contributed by atoms with E-state index in [1.54, 1.807) is 26.2 Å². The summed E-state index contributed by atoms with van der Waals surface area (Å²) in [6.45, 7) is 3.57.